The van der Waals surface area contributed by atoms with Crippen LogP contribution in [0.2, 0.25) is 0 Å². The fraction of sp³-hybridized carbons (Fsp3) is 0.714. The second-order valence-corrected chi connectivity index (χ2v) is 5.76. The highest BCUT2D eigenvalue weighted by molar-refractivity contribution is 5.38. The third kappa shape index (κ3) is 1.99. The van der Waals surface area contributed by atoms with Crippen LogP contribution in [0, 0.1) is 12.3 Å². The topological polar surface area (TPSA) is 49.2 Å². The molecule has 1 saturated carbocycles. The van der Waals surface area contributed by atoms with Crippen LogP contribution >= 0.6 is 0 Å². The Hall–Kier alpha value is -1.16. The Balaban J connectivity index is 1.82. The average molecular weight is 247 g/mol. The van der Waals surface area contributed by atoms with Crippen molar-refractivity contribution in [2.45, 2.75) is 45.1 Å². The molecule has 0 aromatic carbocycles. The number of anilines is 1. The molecule has 2 atom stereocenters. The molecule has 0 amide bonds. The molecule has 98 valence electrons. The standard InChI is InChI=1S/C14H21N3O/c1-11-15-8-5-13(16-11)17-9-3-7-14(10-17)6-2-4-12(14)18/h5,8,12,18H,2-4,6-7,9-10H2,1H3/t12-,14-/m1/s1. The molecule has 4 nitrogen and oxygen atoms in total. The van der Waals surface area contributed by atoms with E-state index in [1.165, 1.54) is 0 Å². The van der Waals surface area contributed by atoms with Crippen LogP contribution < -0.4 is 4.90 Å². The largest absolute Gasteiger partial charge is 0.392 e. The van der Waals surface area contributed by atoms with Crippen LogP contribution in [0.1, 0.15) is 37.9 Å². The van der Waals surface area contributed by atoms with Gasteiger partial charge in [0.15, 0.2) is 0 Å². The molecule has 1 aromatic rings. The van der Waals surface area contributed by atoms with E-state index in [1.807, 2.05) is 19.2 Å². The zero-order valence-corrected chi connectivity index (χ0v) is 11.0. The van der Waals surface area contributed by atoms with Gasteiger partial charge in [0.1, 0.15) is 11.6 Å². The van der Waals surface area contributed by atoms with Crippen molar-refractivity contribution in [1.29, 1.82) is 0 Å². The van der Waals surface area contributed by atoms with Crippen molar-refractivity contribution < 1.29 is 5.11 Å². The van der Waals surface area contributed by atoms with E-state index in [1.54, 1.807) is 0 Å². The molecule has 3 rings (SSSR count). The van der Waals surface area contributed by atoms with Crippen LogP contribution in [-0.2, 0) is 0 Å². The SMILES string of the molecule is Cc1nccc(N2CCC[C@]3(CCC[C@H]3O)C2)n1. The van der Waals surface area contributed by atoms with Crippen LogP contribution in [0.15, 0.2) is 12.3 Å². The fourth-order valence-electron chi connectivity index (χ4n) is 3.57. The first-order chi connectivity index (χ1) is 8.70. The van der Waals surface area contributed by atoms with Crippen molar-refractivity contribution >= 4 is 5.82 Å². The van der Waals surface area contributed by atoms with E-state index in [9.17, 15) is 5.11 Å². The summed E-state index contributed by atoms with van der Waals surface area (Å²) in [6.07, 6.45) is 7.31. The van der Waals surface area contributed by atoms with E-state index in [0.717, 1.165) is 56.8 Å². The number of aliphatic hydroxyl groups is 1. The molecule has 18 heavy (non-hydrogen) atoms. The van der Waals surface area contributed by atoms with Crippen molar-refractivity contribution in [1.82, 2.24) is 9.97 Å². The molecule has 0 unspecified atom stereocenters. The minimum atomic E-state index is -0.122. The smallest absolute Gasteiger partial charge is 0.132 e. The summed E-state index contributed by atoms with van der Waals surface area (Å²) in [6.45, 7) is 3.92. The lowest BCUT2D eigenvalue weighted by atomic mass is 9.77. The molecule has 1 N–H and O–H groups in total. The van der Waals surface area contributed by atoms with Gasteiger partial charge in [-0.2, -0.15) is 0 Å². The van der Waals surface area contributed by atoms with Crippen molar-refractivity contribution in [3.8, 4) is 0 Å². The third-order valence-corrected chi connectivity index (χ3v) is 4.55. The quantitative estimate of drug-likeness (QED) is 0.823. The van der Waals surface area contributed by atoms with E-state index in [2.05, 4.69) is 14.9 Å². The fourth-order valence-corrected chi connectivity index (χ4v) is 3.57. The molecule has 1 aliphatic heterocycles. The summed E-state index contributed by atoms with van der Waals surface area (Å²) >= 11 is 0. The minimum absolute atomic E-state index is 0.122. The van der Waals surface area contributed by atoms with E-state index < -0.39 is 0 Å². The summed E-state index contributed by atoms with van der Waals surface area (Å²) in [4.78, 5) is 11.0. The highest BCUT2D eigenvalue weighted by Crippen LogP contribution is 2.45. The maximum absolute atomic E-state index is 10.3. The Morgan fingerprint density at radius 1 is 1.39 bits per heavy atom. The Morgan fingerprint density at radius 2 is 2.22 bits per heavy atom. The van der Waals surface area contributed by atoms with Gasteiger partial charge in [-0.05, 0) is 38.7 Å². The highest BCUT2D eigenvalue weighted by Gasteiger charge is 2.44. The summed E-state index contributed by atoms with van der Waals surface area (Å²) in [7, 11) is 0. The summed E-state index contributed by atoms with van der Waals surface area (Å²) < 4.78 is 0. The Kier molecular flexibility index (Phi) is 2.98. The molecule has 1 spiro atoms. The zero-order valence-electron chi connectivity index (χ0n) is 11.0. The van der Waals surface area contributed by atoms with Gasteiger partial charge in [-0.1, -0.05) is 6.42 Å². The number of aryl methyl sites for hydroxylation is 1. The Labute approximate surface area is 108 Å². The van der Waals surface area contributed by atoms with Gasteiger partial charge >= 0.3 is 0 Å². The molecule has 4 heteroatoms. The molecule has 0 bridgehead atoms. The summed E-state index contributed by atoms with van der Waals surface area (Å²) in [6, 6.07) is 1.98. The van der Waals surface area contributed by atoms with Gasteiger partial charge in [-0.15, -0.1) is 0 Å². The lowest BCUT2D eigenvalue weighted by Gasteiger charge is -2.43. The van der Waals surface area contributed by atoms with Gasteiger partial charge in [0, 0.05) is 24.7 Å². The number of nitrogens with zero attached hydrogens (tertiary/aromatic N) is 3. The normalized spacial score (nSPS) is 32.1. The molecular weight excluding hydrogens is 226 g/mol. The van der Waals surface area contributed by atoms with Crippen LogP contribution in [0.4, 0.5) is 5.82 Å². The predicted octanol–water partition coefficient (Wildman–Crippen LogP) is 1.92. The molecule has 2 heterocycles. The molecule has 2 fully saturated rings. The van der Waals surface area contributed by atoms with Gasteiger partial charge in [-0.3, -0.25) is 0 Å². The predicted molar refractivity (Wildman–Crippen MR) is 70.5 cm³/mol. The number of hydrogen-bond donors (Lipinski definition) is 1. The number of aliphatic hydroxyl groups excluding tert-OH is 1. The second-order valence-electron chi connectivity index (χ2n) is 5.76. The minimum Gasteiger partial charge on any atom is -0.392 e. The molecular formula is C14H21N3O. The van der Waals surface area contributed by atoms with Crippen molar-refractivity contribution in [2.24, 2.45) is 5.41 Å². The maximum atomic E-state index is 10.3. The number of hydrogen-bond acceptors (Lipinski definition) is 4. The molecule has 1 saturated heterocycles. The molecule has 0 radical (unpaired) electrons. The first kappa shape index (κ1) is 11.9. The van der Waals surface area contributed by atoms with Gasteiger partial charge < -0.3 is 10.0 Å². The molecule has 1 aromatic heterocycles. The Morgan fingerprint density at radius 3 is 2.94 bits per heavy atom. The van der Waals surface area contributed by atoms with Gasteiger partial charge in [0.25, 0.3) is 0 Å². The van der Waals surface area contributed by atoms with Crippen LogP contribution in [0.5, 0.6) is 0 Å². The molecule has 2 aliphatic rings. The second kappa shape index (κ2) is 4.50. The first-order valence-corrected chi connectivity index (χ1v) is 6.92. The maximum Gasteiger partial charge on any atom is 0.132 e. The van der Waals surface area contributed by atoms with Crippen molar-refractivity contribution in [3.63, 3.8) is 0 Å². The third-order valence-electron chi connectivity index (χ3n) is 4.55. The summed E-state index contributed by atoms with van der Waals surface area (Å²) in [5, 5.41) is 10.3. The van der Waals surface area contributed by atoms with E-state index in [0.29, 0.717) is 0 Å². The van der Waals surface area contributed by atoms with E-state index in [4.69, 9.17) is 0 Å². The van der Waals surface area contributed by atoms with E-state index in [-0.39, 0.29) is 11.5 Å². The lowest BCUT2D eigenvalue weighted by molar-refractivity contribution is 0.0408. The van der Waals surface area contributed by atoms with Gasteiger partial charge in [-0.25, -0.2) is 9.97 Å². The van der Waals surface area contributed by atoms with Crippen molar-refractivity contribution in [2.75, 3.05) is 18.0 Å². The average Bonchev–Trinajstić information content (AvgIpc) is 2.71. The number of aromatic nitrogens is 2. The highest BCUT2D eigenvalue weighted by atomic mass is 16.3. The van der Waals surface area contributed by atoms with Crippen LogP contribution in [0.25, 0.3) is 0 Å². The van der Waals surface area contributed by atoms with Crippen LogP contribution in [0.3, 0.4) is 0 Å². The zero-order chi connectivity index (χ0) is 12.6. The van der Waals surface area contributed by atoms with Crippen molar-refractivity contribution in [3.05, 3.63) is 18.1 Å². The van der Waals surface area contributed by atoms with Gasteiger partial charge in [0.2, 0.25) is 0 Å². The summed E-state index contributed by atoms with van der Waals surface area (Å²) in [5.41, 5.74) is 0.122. The molecule has 1 aliphatic carbocycles. The number of rotatable bonds is 1. The van der Waals surface area contributed by atoms with E-state index >= 15 is 0 Å². The lowest BCUT2D eigenvalue weighted by Crippen LogP contribution is -2.47. The Bertz CT molecular complexity index is 437. The monoisotopic (exact) mass is 247 g/mol. The van der Waals surface area contributed by atoms with Crippen LogP contribution in [-0.4, -0.2) is 34.3 Å². The van der Waals surface area contributed by atoms with Gasteiger partial charge in [0.05, 0.1) is 6.10 Å². The first-order valence-electron chi connectivity index (χ1n) is 6.92. The summed E-state index contributed by atoms with van der Waals surface area (Å²) in [5.74, 6) is 1.83. The number of piperidine rings is 1.